The second-order valence-corrected chi connectivity index (χ2v) is 6.71. The number of ether oxygens (including phenoxy) is 1. The van der Waals surface area contributed by atoms with Gasteiger partial charge in [-0.1, -0.05) is 0 Å². The van der Waals surface area contributed by atoms with E-state index in [4.69, 9.17) is 4.74 Å². The highest BCUT2D eigenvalue weighted by Crippen LogP contribution is 2.23. The van der Waals surface area contributed by atoms with Crippen LogP contribution < -0.4 is 15.4 Å². The Balaban J connectivity index is 0.00000288. The number of rotatable bonds is 5. The molecule has 2 heterocycles. The molecule has 0 aliphatic carbocycles. The molecule has 0 fully saturated rings. The molecule has 5 nitrogen and oxygen atoms in total. The van der Waals surface area contributed by atoms with Crippen LogP contribution in [0.25, 0.3) is 0 Å². The lowest BCUT2D eigenvalue weighted by molar-refractivity contribution is 0.406. The highest BCUT2D eigenvalue weighted by molar-refractivity contribution is 14.0. The molecule has 0 amide bonds. The molecule has 0 unspecified atom stereocenters. The van der Waals surface area contributed by atoms with E-state index in [1.54, 1.807) is 25.5 Å². The van der Waals surface area contributed by atoms with Crippen molar-refractivity contribution in [3.63, 3.8) is 0 Å². The summed E-state index contributed by atoms with van der Waals surface area (Å²) in [5.74, 6) is 1.66. The molecule has 0 aromatic carbocycles. The van der Waals surface area contributed by atoms with Crippen LogP contribution >= 0.6 is 35.3 Å². The van der Waals surface area contributed by atoms with Gasteiger partial charge < -0.3 is 15.4 Å². The zero-order chi connectivity index (χ0) is 16.8. The van der Waals surface area contributed by atoms with Crippen LogP contribution in [0.4, 0.5) is 0 Å². The number of hydrogen-bond donors (Lipinski definition) is 2. The van der Waals surface area contributed by atoms with Crippen molar-refractivity contribution in [2.24, 2.45) is 4.99 Å². The second-order valence-electron chi connectivity index (χ2n) is 5.34. The molecule has 0 saturated carbocycles. The molecule has 2 N–H and O–H groups in total. The molecule has 24 heavy (non-hydrogen) atoms. The summed E-state index contributed by atoms with van der Waals surface area (Å²) in [6.45, 7) is 7.51. The minimum Gasteiger partial charge on any atom is -0.496 e. The third kappa shape index (κ3) is 5.34. The number of nitrogens with one attached hydrogen (secondary N) is 2. The Morgan fingerprint density at radius 3 is 2.50 bits per heavy atom. The van der Waals surface area contributed by atoms with Gasteiger partial charge in [-0.25, -0.2) is 0 Å². The number of methoxy groups -OCH3 is 1. The smallest absolute Gasteiger partial charge is 0.191 e. The van der Waals surface area contributed by atoms with E-state index in [1.165, 1.54) is 9.75 Å². The molecule has 0 radical (unpaired) electrons. The number of pyridine rings is 1. The van der Waals surface area contributed by atoms with Crippen LogP contribution in [0, 0.1) is 20.8 Å². The van der Waals surface area contributed by atoms with E-state index in [1.807, 2.05) is 20.0 Å². The Labute approximate surface area is 165 Å². The quantitative estimate of drug-likeness (QED) is 0.407. The van der Waals surface area contributed by atoms with Gasteiger partial charge in [-0.2, -0.15) is 0 Å². The van der Waals surface area contributed by atoms with E-state index in [-0.39, 0.29) is 24.0 Å². The molecule has 2 aromatic heterocycles. The first kappa shape index (κ1) is 20.7. The van der Waals surface area contributed by atoms with Crippen molar-refractivity contribution >= 4 is 41.3 Å². The van der Waals surface area contributed by atoms with Gasteiger partial charge in [0.1, 0.15) is 5.75 Å². The van der Waals surface area contributed by atoms with Crippen LogP contribution in [0.1, 0.15) is 26.6 Å². The third-order valence-electron chi connectivity index (χ3n) is 3.62. The fraction of sp³-hybridized carbons (Fsp3) is 0.412. The molecule has 2 aromatic rings. The van der Waals surface area contributed by atoms with Crippen LogP contribution in [0.3, 0.4) is 0 Å². The van der Waals surface area contributed by atoms with Gasteiger partial charge in [-0.05, 0) is 32.9 Å². The first-order chi connectivity index (χ1) is 11.0. The second kappa shape index (κ2) is 9.83. The van der Waals surface area contributed by atoms with Crippen LogP contribution in [0.2, 0.25) is 0 Å². The van der Waals surface area contributed by atoms with Gasteiger partial charge in [-0.3, -0.25) is 9.98 Å². The number of hydrogen-bond acceptors (Lipinski definition) is 4. The predicted molar refractivity (Wildman–Crippen MR) is 112 cm³/mol. The number of aliphatic imine (C=N–C) groups is 1. The maximum absolute atomic E-state index is 5.44. The van der Waals surface area contributed by atoms with Gasteiger partial charge in [0, 0.05) is 34.1 Å². The number of aryl methyl sites for hydroxylation is 2. The molecular weight excluding hydrogens is 435 g/mol. The van der Waals surface area contributed by atoms with Crippen LogP contribution in [-0.2, 0) is 13.1 Å². The van der Waals surface area contributed by atoms with Crippen molar-refractivity contribution in [1.82, 2.24) is 15.6 Å². The highest BCUT2D eigenvalue weighted by Gasteiger charge is 2.10. The summed E-state index contributed by atoms with van der Waals surface area (Å²) in [6.07, 6.45) is 1.84. The van der Waals surface area contributed by atoms with Gasteiger partial charge in [0.2, 0.25) is 0 Å². The zero-order valence-corrected chi connectivity index (χ0v) is 17.9. The summed E-state index contributed by atoms with van der Waals surface area (Å²) >= 11 is 1.79. The lowest BCUT2D eigenvalue weighted by atomic mass is 10.1. The Bertz CT molecular complexity index is 700. The van der Waals surface area contributed by atoms with E-state index in [0.29, 0.717) is 6.54 Å². The van der Waals surface area contributed by atoms with E-state index in [0.717, 1.165) is 35.1 Å². The van der Waals surface area contributed by atoms with Gasteiger partial charge in [0.25, 0.3) is 0 Å². The molecule has 7 heteroatoms. The number of nitrogens with zero attached hydrogens (tertiary/aromatic N) is 2. The first-order valence-corrected chi connectivity index (χ1v) is 8.35. The summed E-state index contributed by atoms with van der Waals surface area (Å²) in [4.78, 5) is 11.4. The van der Waals surface area contributed by atoms with Crippen molar-refractivity contribution in [2.45, 2.75) is 33.9 Å². The van der Waals surface area contributed by atoms with Crippen molar-refractivity contribution in [1.29, 1.82) is 0 Å². The summed E-state index contributed by atoms with van der Waals surface area (Å²) in [7, 11) is 3.46. The Hall–Kier alpha value is -1.35. The molecule has 0 aliphatic rings. The van der Waals surface area contributed by atoms with E-state index >= 15 is 0 Å². The highest BCUT2D eigenvalue weighted by atomic mass is 127. The number of guanidine groups is 1. The molecule has 0 saturated heterocycles. The normalized spacial score (nSPS) is 11.0. The molecule has 0 bridgehead atoms. The molecule has 0 spiro atoms. The van der Waals surface area contributed by atoms with Crippen molar-refractivity contribution < 1.29 is 4.74 Å². The number of halogens is 1. The average Bonchev–Trinajstić information content (AvgIpc) is 2.95. The number of thiophene rings is 1. The molecule has 2 rings (SSSR count). The minimum absolute atomic E-state index is 0. The standard InChI is InChI=1S/C17H24N4OS.HI/c1-11-8-19-15(13(3)16(11)22-5)10-21-17(18-4)20-9-14-7-6-12(2)23-14;/h6-8H,9-10H2,1-5H3,(H2,18,20,21);1H. The first-order valence-electron chi connectivity index (χ1n) is 7.54. The third-order valence-corrected chi connectivity index (χ3v) is 4.62. The van der Waals surface area contributed by atoms with Gasteiger partial charge in [0.05, 0.1) is 25.9 Å². The van der Waals surface area contributed by atoms with Gasteiger partial charge >= 0.3 is 0 Å². The summed E-state index contributed by atoms with van der Waals surface area (Å²) in [5.41, 5.74) is 3.07. The monoisotopic (exact) mass is 460 g/mol. The minimum atomic E-state index is 0. The lowest BCUT2D eigenvalue weighted by Crippen LogP contribution is -2.36. The molecular formula is C17H25IN4OS. The van der Waals surface area contributed by atoms with E-state index < -0.39 is 0 Å². The maximum Gasteiger partial charge on any atom is 0.191 e. The van der Waals surface area contributed by atoms with Crippen LogP contribution in [0.15, 0.2) is 23.3 Å². The summed E-state index contributed by atoms with van der Waals surface area (Å²) < 4.78 is 5.44. The SMILES string of the molecule is CN=C(NCc1ccc(C)s1)NCc1ncc(C)c(OC)c1C.I. The zero-order valence-electron chi connectivity index (χ0n) is 14.8. The Morgan fingerprint density at radius 1 is 1.21 bits per heavy atom. The predicted octanol–water partition coefficient (Wildman–Crippen LogP) is 3.56. The van der Waals surface area contributed by atoms with Crippen molar-refractivity contribution in [2.75, 3.05) is 14.2 Å². The van der Waals surface area contributed by atoms with Crippen molar-refractivity contribution in [3.8, 4) is 5.75 Å². The largest absolute Gasteiger partial charge is 0.496 e. The Morgan fingerprint density at radius 2 is 1.92 bits per heavy atom. The topological polar surface area (TPSA) is 58.5 Å². The Kier molecular flexibility index (Phi) is 8.47. The molecule has 132 valence electrons. The van der Waals surface area contributed by atoms with Crippen molar-refractivity contribution in [3.05, 3.63) is 44.9 Å². The fourth-order valence-electron chi connectivity index (χ4n) is 2.39. The lowest BCUT2D eigenvalue weighted by Gasteiger charge is -2.14. The van der Waals surface area contributed by atoms with Crippen LogP contribution in [-0.4, -0.2) is 25.1 Å². The van der Waals surface area contributed by atoms with E-state index in [2.05, 4.69) is 39.7 Å². The van der Waals surface area contributed by atoms with E-state index in [9.17, 15) is 0 Å². The van der Waals surface area contributed by atoms with Gasteiger partial charge in [0.15, 0.2) is 5.96 Å². The summed E-state index contributed by atoms with van der Waals surface area (Å²) in [6, 6.07) is 4.26. The van der Waals surface area contributed by atoms with Crippen LogP contribution in [0.5, 0.6) is 5.75 Å². The fourth-order valence-corrected chi connectivity index (χ4v) is 3.22. The number of aromatic nitrogens is 1. The maximum atomic E-state index is 5.44. The summed E-state index contributed by atoms with van der Waals surface area (Å²) in [5, 5.41) is 6.62. The molecule has 0 aliphatic heterocycles. The van der Waals surface area contributed by atoms with Gasteiger partial charge in [-0.15, -0.1) is 35.3 Å². The molecule has 0 atom stereocenters. The average molecular weight is 460 g/mol.